The molecule has 0 bridgehead atoms. The van der Waals surface area contributed by atoms with Crippen LogP contribution in [0.5, 0.6) is 0 Å². The molecule has 2 nitrogen and oxygen atoms in total. The summed E-state index contributed by atoms with van der Waals surface area (Å²) in [5.41, 5.74) is 0.856. The maximum absolute atomic E-state index is 11.7. The van der Waals surface area contributed by atoms with Crippen LogP contribution in [0.2, 0.25) is 0 Å². The third-order valence-corrected chi connectivity index (χ3v) is 3.52. The Hall–Kier alpha value is -0.500. The van der Waals surface area contributed by atoms with Gasteiger partial charge in [0.2, 0.25) is 0 Å². The van der Waals surface area contributed by atoms with Crippen LogP contribution in [0.3, 0.4) is 0 Å². The highest BCUT2D eigenvalue weighted by Crippen LogP contribution is 2.32. The summed E-state index contributed by atoms with van der Waals surface area (Å²) in [7, 11) is 0. The van der Waals surface area contributed by atoms with Crippen molar-refractivity contribution in [3.63, 3.8) is 0 Å². The number of carbonyl (C=O) groups is 1. The van der Waals surface area contributed by atoms with Crippen molar-refractivity contribution in [1.82, 2.24) is 5.32 Å². The summed E-state index contributed by atoms with van der Waals surface area (Å²) in [6.07, 6.45) is 4.50. The number of hydrogen-bond acceptors (Lipinski definition) is 2. The molecule has 1 saturated carbocycles. The van der Waals surface area contributed by atoms with E-state index in [0.717, 1.165) is 25.0 Å². The van der Waals surface area contributed by atoms with E-state index in [1.54, 1.807) is 0 Å². The topological polar surface area (TPSA) is 29.1 Å². The molecule has 1 heterocycles. The molecule has 13 heavy (non-hydrogen) atoms. The number of fused-ring (bicyclic) bond motifs is 1. The molecule has 2 atom stereocenters. The van der Waals surface area contributed by atoms with Gasteiger partial charge in [0.05, 0.1) is 0 Å². The van der Waals surface area contributed by atoms with Gasteiger partial charge in [0.15, 0.2) is 5.78 Å². The number of halogens is 1. The Balaban J connectivity index is 2.26. The zero-order valence-corrected chi connectivity index (χ0v) is 8.53. The third-order valence-electron chi connectivity index (χ3n) is 3.05. The van der Waals surface area contributed by atoms with Crippen LogP contribution in [0.15, 0.2) is 10.7 Å². The Morgan fingerprint density at radius 2 is 2.08 bits per heavy atom. The number of hydrogen-bond donors (Lipinski definition) is 1. The molecule has 1 aliphatic carbocycles. The van der Waals surface area contributed by atoms with Crippen molar-refractivity contribution in [3.05, 3.63) is 10.7 Å². The minimum absolute atomic E-state index is 0.143. The number of allylic oxidation sites excluding steroid dienone is 2. The van der Waals surface area contributed by atoms with Crippen molar-refractivity contribution >= 4 is 17.4 Å². The van der Waals surface area contributed by atoms with E-state index in [2.05, 4.69) is 5.32 Å². The quantitative estimate of drug-likeness (QED) is 0.648. The predicted octanol–water partition coefficient (Wildman–Crippen LogP) is 2.19. The van der Waals surface area contributed by atoms with Gasteiger partial charge < -0.3 is 5.32 Å². The van der Waals surface area contributed by atoms with E-state index in [0.29, 0.717) is 11.1 Å². The zero-order valence-electron chi connectivity index (χ0n) is 7.77. The van der Waals surface area contributed by atoms with Gasteiger partial charge in [-0.1, -0.05) is 24.4 Å². The predicted molar refractivity (Wildman–Crippen MR) is 52.4 cm³/mol. The summed E-state index contributed by atoms with van der Waals surface area (Å²) in [5.74, 6) is 0.299. The monoisotopic (exact) mass is 199 g/mol. The van der Waals surface area contributed by atoms with E-state index >= 15 is 0 Å². The molecule has 1 aliphatic heterocycles. The van der Waals surface area contributed by atoms with Gasteiger partial charge in [0, 0.05) is 17.7 Å². The maximum atomic E-state index is 11.7. The fourth-order valence-corrected chi connectivity index (χ4v) is 2.50. The van der Waals surface area contributed by atoms with E-state index in [-0.39, 0.29) is 11.7 Å². The molecule has 0 amide bonds. The minimum Gasteiger partial charge on any atom is -0.384 e. The first-order valence-electron chi connectivity index (χ1n) is 4.87. The summed E-state index contributed by atoms with van der Waals surface area (Å²) in [6, 6.07) is 0.351. The first-order valence-corrected chi connectivity index (χ1v) is 5.25. The van der Waals surface area contributed by atoms with Gasteiger partial charge in [-0.3, -0.25) is 4.79 Å². The molecule has 1 N–H and O–H groups in total. The van der Waals surface area contributed by atoms with Crippen LogP contribution in [0.25, 0.3) is 0 Å². The lowest BCUT2D eigenvalue weighted by Gasteiger charge is -2.35. The molecule has 0 aromatic rings. The van der Waals surface area contributed by atoms with Gasteiger partial charge >= 0.3 is 0 Å². The van der Waals surface area contributed by atoms with Crippen LogP contribution in [-0.2, 0) is 4.79 Å². The lowest BCUT2D eigenvalue weighted by atomic mass is 9.79. The Morgan fingerprint density at radius 3 is 2.85 bits per heavy atom. The first kappa shape index (κ1) is 9.07. The van der Waals surface area contributed by atoms with Gasteiger partial charge in [-0.15, -0.1) is 0 Å². The van der Waals surface area contributed by atoms with Crippen LogP contribution in [-0.4, -0.2) is 11.8 Å². The van der Waals surface area contributed by atoms with Gasteiger partial charge in [0.25, 0.3) is 0 Å². The summed E-state index contributed by atoms with van der Waals surface area (Å²) in [4.78, 5) is 11.7. The Bertz CT molecular complexity index is 272. The number of Topliss-reactive ketones (excluding diaryl/α,β-unsaturated/α-hetero) is 1. The average molecular weight is 200 g/mol. The minimum atomic E-state index is 0.143. The smallest absolute Gasteiger partial charge is 0.181 e. The Morgan fingerprint density at radius 1 is 1.38 bits per heavy atom. The van der Waals surface area contributed by atoms with E-state index < -0.39 is 0 Å². The fourth-order valence-electron chi connectivity index (χ4n) is 2.31. The number of ketones is 1. The Labute approximate surface area is 83.3 Å². The second kappa shape index (κ2) is 3.33. The zero-order chi connectivity index (χ0) is 9.42. The largest absolute Gasteiger partial charge is 0.384 e. The van der Waals surface area contributed by atoms with Crippen molar-refractivity contribution in [2.45, 2.75) is 38.6 Å². The van der Waals surface area contributed by atoms with Crippen molar-refractivity contribution in [3.8, 4) is 0 Å². The van der Waals surface area contributed by atoms with Crippen LogP contribution >= 0.6 is 11.6 Å². The van der Waals surface area contributed by atoms with E-state index in [4.69, 9.17) is 11.6 Å². The molecule has 3 heteroatoms. The molecule has 72 valence electrons. The highest BCUT2D eigenvalue weighted by atomic mass is 35.5. The second-order valence-electron chi connectivity index (χ2n) is 3.95. The van der Waals surface area contributed by atoms with Crippen molar-refractivity contribution in [2.75, 3.05) is 0 Å². The van der Waals surface area contributed by atoms with Crippen LogP contribution in [0, 0.1) is 5.92 Å². The van der Waals surface area contributed by atoms with Crippen molar-refractivity contribution in [1.29, 1.82) is 0 Å². The standard InChI is InChI=1S/C10H14ClNO/c1-6-9(11)10(13)7-4-2-3-5-8(7)12-6/h7-8,12H,2-5H2,1H3. The van der Waals surface area contributed by atoms with Gasteiger partial charge in [-0.25, -0.2) is 0 Å². The Kier molecular flexibility index (Phi) is 2.33. The normalized spacial score (nSPS) is 34.2. The summed E-state index contributed by atoms with van der Waals surface area (Å²) in [6.45, 7) is 1.88. The van der Waals surface area contributed by atoms with E-state index in [1.165, 1.54) is 6.42 Å². The average Bonchev–Trinajstić information content (AvgIpc) is 2.15. The van der Waals surface area contributed by atoms with Gasteiger partial charge in [-0.05, 0) is 19.8 Å². The number of nitrogens with one attached hydrogen (secondary N) is 1. The molecule has 0 aromatic heterocycles. The molecule has 2 rings (SSSR count). The van der Waals surface area contributed by atoms with Crippen molar-refractivity contribution in [2.24, 2.45) is 5.92 Å². The molecule has 0 aromatic carbocycles. The molecule has 2 unspecified atom stereocenters. The summed E-state index contributed by atoms with van der Waals surface area (Å²) < 4.78 is 0. The highest BCUT2D eigenvalue weighted by Gasteiger charge is 2.36. The van der Waals surface area contributed by atoms with Crippen LogP contribution in [0.4, 0.5) is 0 Å². The first-order chi connectivity index (χ1) is 6.20. The summed E-state index contributed by atoms with van der Waals surface area (Å²) in [5, 5.41) is 3.74. The molecule has 2 aliphatic rings. The summed E-state index contributed by atoms with van der Waals surface area (Å²) >= 11 is 5.91. The highest BCUT2D eigenvalue weighted by molar-refractivity contribution is 6.43. The number of rotatable bonds is 0. The lowest BCUT2D eigenvalue weighted by molar-refractivity contribution is -0.120. The maximum Gasteiger partial charge on any atom is 0.181 e. The van der Waals surface area contributed by atoms with E-state index in [1.807, 2.05) is 6.92 Å². The van der Waals surface area contributed by atoms with Crippen molar-refractivity contribution < 1.29 is 4.79 Å². The van der Waals surface area contributed by atoms with E-state index in [9.17, 15) is 4.79 Å². The second-order valence-corrected chi connectivity index (χ2v) is 4.32. The SMILES string of the molecule is CC1=C(Cl)C(=O)C2CCCCC2N1. The van der Waals surface area contributed by atoms with Gasteiger partial charge in [-0.2, -0.15) is 0 Å². The molecule has 1 fully saturated rings. The fraction of sp³-hybridized carbons (Fsp3) is 0.700. The molecule has 0 radical (unpaired) electrons. The third kappa shape index (κ3) is 1.48. The van der Waals surface area contributed by atoms with Crippen LogP contribution in [0.1, 0.15) is 32.6 Å². The molecule has 0 spiro atoms. The van der Waals surface area contributed by atoms with Crippen LogP contribution < -0.4 is 5.32 Å². The molecular formula is C10H14ClNO. The van der Waals surface area contributed by atoms with Gasteiger partial charge in [0.1, 0.15) is 5.03 Å². The molecule has 0 saturated heterocycles. The number of carbonyl (C=O) groups excluding carboxylic acids is 1. The molecular weight excluding hydrogens is 186 g/mol. The lowest BCUT2D eigenvalue weighted by Crippen LogP contribution is -2.45.